The van der Waals surface area contributed by atoms with Crippen LogP contribution in [0.4, 0.5) is 0 Å². The third-order valence-electron chi connectivity index (χ3n) is 7.22. The van der Waals surface area contributed by atoms with E-state index in [9.17, 15) is 0 Å². The topological polar surface area (TPSA) is 0 Å². The second-order valence-electron chi connectivity index (χ2n) is 9.41. The first-order valence-corrected chi connectivity index (χ1v) is 12.4. The van der Waals surface area contributed by atoms with Crippen LogP contribution in [0, 0.1) is 0 Å². The first-order chi connectivity index (χ1) is 17.8. The van der Waals surface area contributed by atoms with Crippen molar-refractivity contribution in [2.24, 2.45) is 0 Å². The summed E-state index contributed by atoms with van der Waals surface area (Å²) >= 11 is 0. The molecule has 0 saturated carbocycles. The number of fused-ring (bicyclic) bond motifs is 8. The predicted octanol–water partition coefficient (Wildman–Crippen LogP) is 10.3. The van der Waals surface area contributed by atoms with Crippen LogP contribution in [0.25, 0.3) is 64.6 Å². The largest absolute Gasteiger partial charge is 0.0616 e. The average Bonchev–Trinajstić information content (AvgIpc) is 2.95. The van der Waals surface area contributed by atoms with Gasteiger partial charge in [0, 0.05) is 0 Å². The van der Waals surface area contributed by atoms with Crippen molar-refractivity contribution >= 4 is 64.6 Å². The van der Waals surface area contributed by atoms with E-state index < -0.39 is 0 Å². The van der Waals surface area contributed by atoms with Gasteiger partial charge in [0.15, 0.2) is 0 Å². The zero-order valence-corrected chi connectivity index (χ0v) is 19.9. The van der Waals surface area contributed by atoms with Gasteiger partial charge in [0.1, 0.15) is 0 Å². The normalized spacial score (nSPS) is 11.3. The number of hydrogen-bond donors (Lipinski definition) is 0. The second kappa shape index (κ2) is 8.52. The predicted molar refractivity (Wildman–Crippen MR) is 158 cm³/mol. The summed E-state index contributed by atoms with van der Waals surface area (Å²) in [5.41, 5.74) is 0. The van der Waals surface area contributed by atoms with Gasteiger partial charge >= 0.3 is 0 Å². The Morgan fingerprint density at radius 2 is 0.500 bits per heavy atom. The highest BCUT2D eigenvalue weighted by atomic mass is 14.1. The monoisotopic (exact) mass is 456 g/mol. The third kappa shape index (κ3) is 3.56. The number of rotatable bonds is 0. The molecule has 8 aromatic rings. The quantitative estimate of drug-likeness (QED) is 0.157. The van der Waals surface area contributed by atoms with E-state index in [0.29, 0.717) is 0 Å². The first-order valence-electron chi connectivity index (χ1n) is 12.4. The molecule has 0 unspecified atom stereocenters. The lowest BCUT2D eigenvalue weighted by Crippen LogP contribution is -1.79. The van der Waals surface area contributed by atoms with Gasteiger partial charge in [-0.1, -0.05) is 121 Å². The minimum atomic E-state index is 1.31. The summed E-state index contributed by atoms with van der Waals surface area (Å²) in [5.74, 6) is 0. The molecule has 0 aliphatic carbocycles. The molecule has 0 aliphatic rings. The van der Waals surface area contributed by atoms with Gasteiger partial charge < -0.3 is 0 Å². The van der Waals surface area contributed by atoms with Crippen LogP contribution < -0.4 is 0 Å². The maximum absolute atomic E-state index is 2.30. The van der Waals surface area contributed by atoms with Crippen molar-refractivity contribution in [3.8, 4) is 0 Å². The maximum atomic E-state index is 2.30. The molecule has 0 aliphatic heterocycles. The fourth-order valence-corrected chi connectivity index (χ4v) is 5.39. The van der Waals surface area contributed by atoms with Crippen molar-refractivity contribution in [2.75, 3.05) is 0 Å². The number of hydrogen-bond acceptors (Lipinski definition) is 0. The molecule has 0 atom stereocenters. The van der Waals surface area contributed by atoms with E-state index >= 15 is 0 Å². The Labute approximate surface area is 210 Å². The van der Waals surface area contributed by atoms with Crippen LogP contribution in [0.5, 0.6) is 0 Å². The Hall–Kier alpha value is -4.68. The Bertz CT molecular complexity index is 1880. The summed E-state index contributed by atoms with van der Waals surface area (Å²) in [4.78, 5) is 0. The lowest BCUT2D eigenvalue weighted by molar-refractivity contribution is 1.77. The van der Waals surface area contributed by atoms with Crippen LogP contribution in [-0.2, 0) is 0 Å². The van der Waals surface area contributed by atoms with Crippen LogP contribution in [0.3, 0.4) is 0 Å². The summed E-state index contributed by atoms with van der Waals surface area (Å²) in [7, 11) is 0. The summed E-state index contributed by atoms with van der Waals surface area (Å²) in [5, 5.41) is 15.8. The van der Waals surface area contributed by atoms with Gasteiger partial charge in [-0.2, -0.15) is 0 Å². The zero-order chi connectivity index (χ0) is 23.9. The molecule has 168 valence electrons. The van der Waals surface area contributed by atoms with Gasteiger partial charge in [-0.3, -0.25) is 0 Å². The second-order valence-corrected chi connectivity index (χ2v) is 9.41. The van der Waals surface area contributed by atoms with Crippen LogP contribution in [0.1, 0.15) is 0 Å². The molecule has 8 rings (SSSR count). The van der Waals surface area contributed by atoms with E-state index in [0.717, 1.165) is 0 Å². The molecular formula is C36H24. The molecule has 0 aromatic heterocycles. The fourth-order valence-electron chi connectivity index (χ4n) is 5.39. The van der Waals surface area contributed by atoms with E-state index in [1.807, 2.05) is 0 Å². The lowest BCUT2D eigenvalue weighted by atomic mass is 9.98. The molecule has 0 saturated heterocycles. The minimum absolute atomic E-state index is 1.31. The molecule has 36 heavy (non-hydrogen) atoms. The summed E-state index contributed by atoms with van der Waals surface area (Å²) < 4.78 is 0. The standard InChI is InChI=1S/2C18H12/c2*1-2-7-15-12-18-16(11-14(15)6-1)10-9-13-5-3-4-8-17(13)18/h2*1-12H. The van der Waals surface area contributed by atoms with Crippen molar-refractivity contribution in [1.82, 2.24) is 0 Å². The van der Waals surface area contributed by atoms with Crippen molar-refractivity contribution in [3.05, 3.63) is 146 Å². The average molecular weight is 457 g/mol. The van der Waals surface area contributed by atoms with Gasteiger partial charge in [0.05, 0.1) is 0 Å². The van der Waals surface area contributed by atoms with Crippen LogP contribution in [-0.4, -0.2) is 0 Å². The highest BCUT2D eigenvalue weighted by Crippen LogP contribution is 2.30. The first kappa shape index (κ1) is 20.7. The molecular weight excluding hydrogens is 432 g/mol. The Morgan fingerprint density at radius 1 is 0.194 bits per heavy atom. The van der Waals surface area contributed by atoms with Crippen molar-refractivity contribution in [3.63, 3.8) is 0 Å². The molecule has 0 heterocycles. The zero-order valence-electron chi connectivity index (χ0n) is 19.9. The molecule has 0 N–H and O–H groups in total. The molecule has 0 spiro atoms. The van der Waals surface area contributed by atoms with Crippen LogP contribution in [0.15, 0.2) is 146 Å². The summed E-state index contributed by atoms with van der Waals surface area (Å²) in [6, 6.07) is 52.2. The summed E-state index contributed by atoms with van der Waals surface area (Å²) in [6.45, 7) is 0. The molecule has 0 bridgehead atoms. The van der Waals surface area contributed by atoms with Gasteiger partial charge in [-0.15, -0.1) is 0 Å². The maximum Gasteiger partial charge on any atom is -0.00990 e. The van der Waals surface area contributed by atoms with Crippen molar-refractivity contribution in [2.45, 2.75) is 0 Å². The highest BCUT2D eigenvalue weighted by molar-refractivity contribution is 6.13. The van der Waals surface area contributed by atoms with Crippen LogP contribution >= 0.6 is 0 Å². The molecule has 0 amide bonds. The van der Waals surface area contributed by atoms with E-state index in [1.165, 1.54) is 64.6 Å². The lowest BCUT2D eigenvalue weighted by Gasteiger charge is -2.06. The van der Waals surface area contributed by atoms with Gasteiger partial charge in [0.2, 0.25) is 0 Å². The van der Waals surface area contributed by atoms with Crippen LogP contribution in [0.2, 0.25) is 0 Å². The van der Waals surface area contributed by atoms with Gasteiger partial charge in [-0.05, 0) is 88.9 Å². The SMILES string of the molecule is c1ccc2cc3c(ccc4ccccc43)cc2c1.c1ccc2cc3c(ccc4ccccc43)cc2c1. The highest BCUT2D eigenvalue weighted by Gasteiger charge is 2.03. The van der Waals surface area contributed by atoms with E-state index in [4.69, 9.17) is 0 Å². The Kier molecular flexibility index (Phi) is 4.89. The smallest absolute Gasteiger partial charge is 0.00990 e. The molecule has 8 aromatic carbocycles. The third-order valence-corrected chi connectivity index (χ3v) is 7.22. The number of benzene rings is 8. The minimum Gasteiger partial charge on any atom is -0.0616 e. The molecule has 0 fully saturated rings. The van der Waals surface area contributed by atoms with E-state index in [2.05, 4.69) is 146 Å². The van der Waals surface area contributed by atoms with E-state index in [1.54, 1.807) is 0 Å². The van der Waals surface area contributed by atoms with Gasteiger partial charge in [0.25, 0.3) is 0 Å². The summed E-state index contributed by atoms with van der Waals surface area (Å²) in [6.07, 6.45) is 0. The fraction of sp³-hybridized carbons (Fsp3) is 0. The van der Waals surface area contributed by atoms with Gasteiger partial charge in [-0.25, -0.2) is 0 Å². The molecule has 0 heteroatoms. The Morgan fingerprint density at radius 3 is 0.917 bits per heavy atom. The molecule has 0 radical (unpaired) electrons. The molecule has 0 nitrogen and oxygen atoms in total. The Balaban J connectivity index is 0.000000122. The van der Waals surface area contributed by atoms with Crippen molar-refractivity contribution < 1.29 is 0 Å². The van der Waals surface area contributed by atoms with Crippen molar-refractivity contribution in [1.29, 1.82) is 0 Å². The van der Waals surface area contributed by atoms with E-state index in [-0.39, 0.29) is 0 Å².